The van der Waals surface area contributed by atoms with Crippen LogP contribution in [0.5, 0.6) is 17.2 Å². The third-order valence-electron chi connectivity index (χ3n) is 7.86. The maximum absolute atomic E-state index is 12.8. The van der Waals surface area contributed by atoms with E-state index < -0.39 is 0 Å². The van der Waals surface area contributed by atoms with Gasteiger partial charge in [0.05, 0.1) is 32.3 Å². The van der Waals surface area contributed by atoms with Gasteiger partial charge in [0, 0.05) is 38.9 Å². The van der Waals surface area contributed by atoms with Crippen molar-refractivity contribution in [3.05, 3.63) is 73.3 Å². The fourth-order valence-electron chi connectivity index (χ4n) is 5.07. The van der Waals surface area contributed by atoms with Gasteiger partial charge in [0.15, 0.2) is 5.75 Å². The standard InChI is InChI=1S/C38H54O10/c1-4-23-44-45-29-8-6-5-7-27-43-35-19-21-36(22-20-35)47-38(39)34-13-11-32(12-14-34)30-46-48-37-17-15-33(16-18-37)31(2)42-28-10-26-41-25-9-24-40-3/h4,15-22,32,34H,1-2,5-14,23-30H2,3H3. The Kier molecular flexibility index (Phi) is 20.1. The zero-order chi connectivity index (χ0) is 34.1. The van der Waals surface area contributed by atoms with Crippen LogP contribution in [-0.2, 0) is 33.7 Å². The normalized spacial score (nSPS) is 15.9. The van der Waals surface area contributed by atoms with Crippen LogP contribution in [0.1, 0.15) is 69.8 Å². The largest absolute Gasteiger partial charge is 0.494 e. The van der Waals surface area contributed by atoms with Crippen molar-refractivity contribution in [3.63, 3.8) is 0 Å². The first-order chi connectivity index (χ1) is 23.6. The second kappa shape index (κ2) is 24.7. The lowest BCUT2D eigenvalue weighted by atomic mass is 9.82. The minimum atomic E-state index is -0.185. The van der Waals surface area contributed by atoms with E-state index >= 15 is 0 Å². The van der Waals surface area contributed by atoms with Gasteiger partial charge in [0.2, 0.25) is 0 Å². The van der Waals surface area contributed by atoms with Gasteiger partial charge in [-0.15, -0.1) is 6.58 Å². The zero-order valence-corrected chi connectivity index (χ0v) is 28.6. The molecule has 10 nitrogen and oxygen atoms in total. The molecule has 0 atom stereocenters. The molecule has 0 radical (unpaired) electrons. The van der Waals surface area contributed by atoms with E-state index in [2.05, 4.69) is 13.2 Å². The Morgan fingerprint density at radius 1 is 0.729 bits per heavy atom. The topological polar surface area (TPSA) is 100 Å². The van der Waals surface area contributed by atoms with Crippen LogP contribution in [-0.4, -0.2) is 65.9 Å². The quantitative estimate of drug-likeness (QED) is 0.0177. The monoisotopic (exact) mass is 670 g/mol. The fourth-order valence-corrected chi connectivity index (χ4v) is 5.07. The number of ether oxygens (including phenoxy) is 5. The molecule has 0 aromatic heterocycles. The van der Waals surface area contributed by atoms with E-state index in [9.17, 15) is 4.79 Å². The zero-order valence-electron chi connectivity index (χ0n) is 28.6. The third kappa shape index (κ3) is 16.6. The van der Waals surface area contributed by atoms with Crippen LogP contribution in [0.15, 0.2) is 67.8 Å². The summed E-state index contributed by atoms with van der Waals surface area (Å²) in [6, 6.07) is 14.7. The Labute approximate surface area is 286 Å². The molecule has 0 aliphatic heterocycles. The maximum Gasteiger partial charge on any atom is 0.314 e. The van der Waals surface area contributed by atoms with E-state index in [1.807, 2.05) is 36.4 Å². The van der Waals surface area contributed by atoms with Crippen molar-refractivity contribution < 1.29 is 48.0 Å². The molecule has 0 amide bonds. The molecule has 48 heavy (non-hydrogen) atoms. The summed E-state index contributed by atoms with van der Waals surface area (Å²) in [6.45, 7) is 12.3. The molecule has 3 rings (SSSR count). The number of carbonyl (C=O) groups excluding carboxylic acids is 1. The number of hydrogen-bond donors (Lipinski definition) is 0. The van der Waals surface area contributed by atoms with Gasteiger partial charge in [-0.05, 0) is 106 Å². The van der Waals surface area contributed by atoms with Crippen molar-refractivity contribution in [2.75, 3.05) is 60.0 Å². The summed E-state index contributed by atoms with van der Waals surface area (Å²) >= 11 is 0. The van der Waals surface area contributed by atoms with E-state index in [0.29, 0.717) is 76.0 Å². The molecule has 1 aliphatic carbocycles. The highest BCUT2D eigenvalue weighted by Gasteiger charge is 2.28. The summed E-state index contributed by atoms with van der Waals surface area (Å²) in [5.74, 6) is 2.53. The fraction of sp³-hybridized carbons (Fsp3) is 0.553. The minimum absolute atomic E-state index is 0.117. The van der Waals surface area contributed by atoms with Crippen LogP contribution in [0.25, 0.3) is 5.76 Å². The molecule has 2 aromatic rings. The Bertz CT molecular complexity index is 1140. The molecular formula is C38H54O10. The van der Waals surface area contributed by atoms with Crippen molar-refractivity contribution in [2.45, 2.75) is 64.2 Å². The number of rotatable bonds is 27. The lowest BCUT2D eigenvalue weighted by molar-refractivity contribution is -0.286. The molecule has 2 aromatic carbocycles. The van der Waals surface area contributed by atoms with Gasteiger partial charge in [-0.2, -0.15) is 4.89 Å². The molecule has 10 heteroatoms. The summed E-state index contributed by atoms with van der Waals surface area (Å²) in [5, 5.41) is 0. The number of unbranched alkanes of at least 4 members (excludes halogenated alkanes) is 3. The predicted octanol–water partition coefficient (Wildman–Crippen LogP) is 7.91. The maximum atomic E-state index is 12.8. The molecule has 0 unspecified atom stereocenters. The van der Waals surface area contributed by atoms with Crippen LogP contribution in [0.4, 0.5) is 0 Å². The lowest BCUT2D eigenvalue weighted by Crippen LogP contribution is -2.27. The van der Waals surface area contributed by atoms with Crippen molar-refractivity contribution in [1.82, 2.24) is 0 Å². The Morgan fingerprint density at radius 2 is 1.40 bits per heavy atom. The summed E-state index contributed by atoms with van der Waals surface area (Å²) in [7, 11) is 1.69. The first-order valence-corrected chi connectivity index (χ1v) is 17.2. The van der Waals surface area contributed by atoms with Gasteiger partial charge >= 0.3 is 5.97 Å². The molecule has 0 saturated heterocycles. The molecule has 0 N–H and O–H groups in total. The highest BCUT2D eigenvalue weighted by atomic mass is 17.2. The number of hydrogen-bond acceptors (Lipinski definition) is 10. The molecule has 0 bridgehead atoms. The average molecular weight is 671 g/mol. The first-order valence-electron chi connectivity index (χ1n) is 17.2. The molecule has 1 fully saturated rings. The van der Waals surface area contributed by atoms with Crippen molar-refractivity contribution in [3.8, 4) is 17.2 Å². The van der Waals surface area contributed by atoms with Crippen molar-refractivity contribution in [2.24, 2.45) is 11.8 Å². The van der Waals surface area contributed by atoms with E-state index in [4.69, 9.17) is 43.2 Å². The van der Waals surface area contributed by atoms with E-state index in [1.165, 1.54) is 0 Å². The highest BCUT2D eigenvalue weighted by Crippen LogP contribution is 2.31. The van der Waals surface area contributed by atoms with Gasteiger partial charge in [0.1, 0.15) is 23.9 Å². The number of methoxy groups -OCH3 is 1. The number of esters is 1. The van der Waals surface area contributed by atoms with Gasteiger partial charge < -0.3 is 28.6 Å². The first kappa shape index (κ1) is 39.0. The minimum Gasteiger partial charge on any atom is -0.494 e. The smallest absolute Gasteiger partial charge is 0.314 e. The number of benzene rings is 2. The molecule has 0 heterocycles. The number of carbonyl (C=O) groups is 1. The second-order valence-electron chi connectivity index (χ2n) is 11.7. The van der Waals surface area contributed by atoms with Crippen molar-refractivity contribution in [1.29, 1.82) is 0 Å². The van der Waals surface area contributed by atoms with Crippen LogP contribution in [0, 0.1) is 11.8 Å². The van der Waals surface area contributed by atoms with Crippen LogP contribution in [0.3, 0.4) is 0 Å². The molecule has 266 valence electrons. The Morgan fingerprint density at radius 3 is 2.10 bits per heavy atom. The predicted molar refractivity (Wildman–Crippen MR) is 184 cm³/mol. The third-order valence-corrected chi connectivity index (χ3v) is 7.86. The summed E-state index contributed by atoms with van der Waals surface area (Å²) in [6.07, 6.45) is 10.6. The SMILES string of the molecule is C=CCOOCCCCCCOc1ccc(OC(=O)C2CCC(COOc3ccc(C(=C)OCCCOCCCOC)cc3)CC2)cc1. The Hall–Kier alpha value is -3.41. The van der Waals surface area contributed by atoms with E-state index in [0.717, 1.165) is 75.5 Å². The molecule has 0 spiro atoms. The summed E-state index contributed by atoms with van der Waals surface area (Å²) in [5.41, 5.74) is 0.883. The summed E-state index contributed by atoms with van der Waals surface area (Å²) in [4.78, 5) is 33.8. The van der Waals surface area contributed by atoms with Crippen LogP contribution >= 0.6 is 0 Å². The molecule has 1 saturated carbocycles. The van der Waals surface area contributed by atoms with Gasteiger partial charge in [0.25, 0.3) is 0 Å². The van der Waals surface area contributed by atoms with Gasteiger partial charge in [-0.25, -0.2) is 9.78 Å². The highest BCUT2D eigenvalue weighted by molar-refractivity contribution is 5.75. The van der Waals surface area contributed by atoms with Gasteiger partial charge in [-0.3, -0.25) is 4.79 Å². The van der Waals surface area contributed by atoms with Gasteiger partial charge in [-0.1, -0.05) is 19.1 Å². The molecular weight excluding hydrogens is 616 g/mol. The van der Waals surface area contributed by atoms with Crippen molar-refractivity contribution >= 4 is 11.7 Å². The lowest BCUT2D eigenvalue weighted by Gasteiger charge is -2.26. The second-order valence-corrected chi connectivity index (χ2v) is 11.7. The summed E-state index contributed by atoms with van der Waals surface area (Å²) < 4.78 is 27.8. The Balaban J connectivity index is 1.21. The van der Waals surface area contributed by atoms with Crippen LogP contribution < -0.4 is 14.4 Å². The van der Waals surface area contributed by atoms with E-state index in [-0.39, 0.29) is 11.9 Å². The van der Waals surface area contributed by atoms with Crippen LogP contribution in [0.2, 0.25) is 0 Å². The average Bonchev–Trinajstić information content (AvgIpc) is 3.11. The molecule has 1 aliphatic rings. The van der Waals surface area contributed by atoms with E-state index in [1.54, 1.807) is 25.3 Å².